The number of hydrogen-bond donors (Lipinski definition) is 2. The Morgan fingerprint density at radius 3 is 2.74 bits per heavy atom. The lowest BCUT2D eigenvalue weighted by molar-refractivity contribution is -0.139. The van der Waals surface area contributed by atoms with Crippen molar-refractivity contribution in [1.29, 1.82) is 0 Å². The van der Waals surface area contributed by atoms with Crippen molar-refractivity contribution in [1.82, 2.24) is 5.32 Å². The zero-order chi connectivity index (χ0) is 14.4. The minimum atomic E-state index is -1.04. The molecule has 0 heterocycles. The van der Waals surface area contributed by atoms with Gasteiger partial charge in [-0.15, -0.1) is 0 Å². The first-order valence-corrected chi connectivity index (χ1v) is 7.52. The number of thioether (sulfide) groups is 1. The topological polar surface area (TPSA) is 66.4 Å². The molecular formula is C13H16ClNO3S. The van der Waals surface area contributed by atoms with E-state index in [1.54, 1.807) is 25.1 Å². The van der Waals surface area contributed by atoms with Crippen LogP contribution in [0.3, 0.4) is 0 Å². The van der Waals surface area contributed by atoms with Crippen LogP contribution in [-0.4, -0.2) is 35.0 Å². The molecule has 0 saturated heterocycles. The molecule has 0 aliphatic rings. The van der Waals surface area contributed by atoms with Gasteiger partial charge in [-0.25, -0.2) is 4.79 Å². The van der Waals surface area contributed by atoms with E-state index in [9.17, 15) is 9.59 Å². The van der Waals surface area contributed by atoms with Gasteiger partial charge in [0.05, 0.1) is 10.6 Å². The molecule has 0 saturated carbocycles. The summed E-state index contributed by atoms with van der Waals surface area (Å²) < 4.78 is 0. The number of carbonyl (C=O) groups excluding carboxylic acids is 1. The number of benzene rings is 1. The van der Waals surface area contributed by atoms with Crippen molar-refractivity contribution >= 4 is 35.2 Å². The lowest BCUT2D eigenvalue weighted by Gasteiger charge is -2.15. The normalized spacial score (nSPS) is 11.9. The number of carboxylic acid groups (broad SMARTS) is 1. The van der Waals surface area contributed by atoms with Crippen LogP contribution in [-0.2, 0) is 4.79 Å². The summed E-state index contributed by atoms with van der Waals surface area (Å²) >= 11 is 7.58. The van der Waals surface area contributed by atoms with Crippen LogP contribution in [0.2, 0.25) is 5.02 Å². The second-order valence-electron chi connectivity index (χ2n) is 4.08. The maximum atomic E-state index is 12.0. The van der Waals surface area contributed by atoms with E-state index in [1.165, 1.54) is 11.8 Å². The molecule has 0 bridgehead atoms. The van der Waals surface area contributed by atoms with Crippen molar-refractivity contribution < 1.29 is 14.7 Å². The lowest BCUT2D eigenvalue weighted by atomic mass is 10.1. The van der Waals surface area contributed by atoms with Crippen molar-refractivity contribution in [3.63, 3.8) is 0 Å². The first kappa shape index (κ1) is 15.9. The second-order valence-corrected chi connectivity index (χ2v) is 5.45. The summed E-state index contributed by atoms with van der Waals surface area (Å²) in [7, 11) is 0. The summed E-state index contributed by atoms with van der Waals surface area (Å²) in [5, 5.41) is 11.9. The summed E-state index contributed by atoms with van der Waals surface area (Å²) in [6.07, 6.45) is 2.27. The molecule has 6 heteroatoms. The average molecular weight is 302 g/mol. The summed E-state index contributed by atoms with van der Waals surface area (Å²) in [5.41, 5.74) is 1.09. The summed E-state index contributed by atoms with van der Waals surface area (Å²) in [4.78, 5) is 23.1. The minimum Gasteiger partial charge on any atom is -0.480 e. The fourth-order valence-corrected chi connectivity index (χ4v) is 2.24. The molecule has 0 spiro atoms. The lowest BCUT2D eigenvalue weighted by Crippen LogP contribution is -2.41. The highest BCUT2D eigenvalue weighted by Gasteiger charge is 2.21. The molecular weight excluding hydrogens is 286 g/mol. The van der Waals surface area contributed by atoms with Gasteiger partial charge >= 0.3 is 5.97 Å². The van der Waals surface area contributed by atoms with E-state index in [2.05, 4.69) is 5.32 Å². The molecule has 1 aromatic carbocycles. The fraction of sp³-hybridized carbons (Fsp3) is 0.385. The number of carboxylic acids is 1. The number of rotatable bonds is 6. The van der Waals surface area contributed by atoms with E-state index in [-0.39, 0.29) is 0 Å². The van der Waals surface area contributed by atoms with Gasteiger partial charge in [0.2, 0.25) is 0 Å². The molecule has 0 fully saturated rings. The van der Waals surface area contributed by atoms with Crippen LogP contribution in [0.5, 0.6) is 0 Å². The van der Waals surface area contributed by atoms with Crippen molar-refractivity contribution in [3.05, 3.63) is 34.3 Å². The number of aryl methyl sites for hydroxylation is 1. The van der Waals surface area contributed by atoms with Crippen LogP contribution in [0.4, 0.5) is 0 Å². The van der Waals surface area contributed by atoms with E-state index < -0.39 is 17.9 Å². The summed E-state index contributed by atoms with van der Waals surface area (Å²) in [6, 6.07) is 4.20. The van der Waals surface area contributed by atoms with Crippen LogP contribution in [0.25, 0.3) is 0 Å². The van der Waals surface area contributed by atoms with Crippen molar-refractivity contribution in [3.8, 4) is 0 Å². The number of hydrogen-bond acceptors (Lipinski definition) is 3. The van der Waals surface area contributed by atoms with E-state index in [0.717, 1.165) is 5.56 Å². The van der Waals surface area contributed by atoms with E-state index in [1.807, 2.05) is 6.26 Å². The Hall–Kier alpha value is -1.20. The predicted molar refractivity (Wildman–Crippen MR) is 78.1 cm³/mol. The molecule has 4 nitrogen and oxygen atoms in total. The number of nitrogens with one attached hydrogen (secondary N) is 1. The highest BCUT2D eigenvalue weighted by atomic mass is 35.5. The Morgan fingerprint density at radius 2 is 2.16 bits per heavy atom. The maximum Gasteiger partial charge on any atom is 0.326 e. The second kappa shape index (κ2) is 7.40. The molecule has 19 heavy (non-hydrogen) atoms. The molecule has 104 valence electrons. The van der Waals surface area contributed by atoms with Gasteiger partial charge in [0.15, 0.2) is 0 Å². The molecule has 1 rings (SSSR count). The Kier molecular flexibility index (Phi) is 6.18. The summed E-state index contributed by atoms with van der Waals surface area (Å²) in [5.74, 6) is -0.827. The Labute approximate surface area is 121 Å². The van der Waals surface area contributed by atoms with Gasteiger partial charge in [0.1, 0.15) is 6.04 Å². The number of amides is 1. The minimum absolute atomic E-state index is 0.303. The molecule has 1 aromatic rings. The smallest absolute Gasteiger partial charge is 0.326 e. The number of carbonyl (C=O) groups is 2. The van der Waals surface area contributed by atoms with E-state index in [0.29, 0.717) is 22.8 Å². The third-order valence-corrected chi connectivity index (χ3v) is 3.80. The monoisotopic (exact) mass is 301 g/mol. The predicted octanol–water partition coefficient (Wildman–Crippen LogP) is 2.58. The van der Waals surface area contributed by atoms with E-state index in [4.69, 9.17) is 16.7 Å². The first-order valence-electron chi connectivity index (χ1n) is 5.75. The van der Waals surface area contributed by atoms with Crippen LogP contribution in [0.15, 0.2) is 18.2 Å². The highest BCUT2D eigenvalue weighted by molar-refractivity contribution is 7.98. The molecule has 0 aliphatic carbocycles. The molecule has 0 aliphatic heterocycles. The Morgan fingerprint density at radius 1 is 1.47 bits per heavy atom. The van der Waals surface area contributed by atoms with Gasteiger partial charge in [0, 0.05) is 0 Å². The van der Waals surface area contributed by atoms with Crippen LogP contribution in [0, 0.1) is 6.92 Å². The van der Waals surface area contributed by atoms with Gasteiger partial charge < -0.3 is 10.4 Å². The van der Waals surface area contributed by atoms with Gasteiger partial charge in [0.25, 0.3) is 5.91 Å². The van der Waals surface area contributed by atoms with Gasteiger partial charge in [-0.1, -0.05) is 23.7 Å². The van der Waals surface area contributed by atoms with E-state index >= 15 is 0 Å². The van der Waals surface area contributed by atoms with Crippen LogP contribution >= 0.6 is 23.4 Å². The standard InChI is InChI=1S/C13H16ClNO3S/c1-8-4-3-5-9(11(8)14)12(16)15-10(13(17)18)6-7-19-2/h3-5,10H,6-7H2,1-2H3,(H,15,16)(H,17,18)/t10-/m1/s1. The Bertz CT molecular complexity index is 479. The van der Waals surface area contributed by atoms with Crippen molar-refractivity contribution in [2.24, 2.45) is 0 Å². The third-order valence-electron chi connectivity index (χ3n) is 2.65. The zero-order valence-corrected chi connectivity index (χ0v) is 12.3. The third kappa shape index (κ3) is 4.44. The summed E-state index contributed by atoms with van der Waals surface area (Å²) in [6.45, 7) is 1.79. The first-order chi connectivity index (χ1) is 8.97. The van der Waals surface area contributed by atoms with Gasteiger partial charge in [-0.2, -0.15) is 11.8 Å². The number of aliphatic carboxylic acids is 1. The van der Waals surface area contributed by atoms with Crippen LogP contribution < -0.4 is 5.32 Å². The molecule has 0 radical (unpaired) electrons. The van der Waals surface area contributed by atoms with Gasteiger partial charge in [-0.05, 0) is 37.0 Å². The largest absolute Gasteiger partial charge is 0.480 e. The Balaban J connectivity index is 2.82. The molecule has 1 atom stereocenters. The maximum absolute atomic E-state index is 12.0. The molecule has 0 aromatic heterocycles. The fourth-order valence-electron chi connectivity index (χ4n) is 1.55. The quantitative estimate of drug-likeness (QED) is 0.847. The van der Waals surface area contributed by atoms with Crippen molar-refractivity contribution in [2.45, 2.75) is 19.4 Å². The molecule has 0 unspecified atom stereocenters. The van der Waals surface area contributed by atoms with Gasteiger partial charge in [-0.3, -0.25) is 4.79 Å². The zero-order valence-electron chi connectivity index (χ0n) is 10.8. The molecule has 1 amide bonds. The highest BCUT2D eigenvalue weighted by Crippen LogP contribution is 2.20. The SMILES string of the molecule is CSCC[C@@H](NC(=O)c1cccc(C)c1Cl)C(=O)O. The number of halogens is 1. The van der Waals surface area contributed by atoms with Crippen molar-refractivity contribution in [2.75, 3.05) is 12.0 Å². The molecule has 2 N–H and O–H groups in total. The average Bonchev–Trinajstić information content (AvgIpc) is 2.37. The van der Waals surface area contributed by atoms with Crippen LogP contribution in [0.1, 0.15) is 22.3 Å².